The first-order valence-corrected chi connectivity index (χ1v) is 9.16. The van der Waals surface area contributed by atoms with Gasteiger partial charge in [0.25, 0.3) is 0 Å². The van der Waals surface area contributed by atoms with E-state index >= 15 is 0 Å². The molecule has 4 saturated carbocycles. The molecular formula is C26H22FeN2Ru+4. The van der Waals surface area contributed by atoms with Gasteiger partial charge in [-0.3, -0.25) is 9.98 Å². The minimum atomic E-state index is 0. The summed E-state index contributed by atoms with van der Waals surface area (Å²) in [6, 6.07) is 0. The topological polar surface area (TPSA) is 24.7 Å². The van der Waals surface area contributed by atoms with Crippen LogP contribution < -0.4 is 0 Å². The van der Waals surface area contributed by atoms with Gasteiger partial charge in [0.2, 0.25) is 0 Å². The van der Waals surface area contributed by atoms with Gasteiger partial charge >= 0.3 is 36.5 Å². The SMILES string of the molecule is [CH]1[CH][CH][C](C=N/C=C/[C]2[CH][CH][CH][CH]2)[CH]1.[CH]1[CH][CH][C](C=N/C=C/[C]2[CH][CH][CH][CH]2)[CH]1.[Fe+2].[Ru+2]. The van der Waals surface area contributed by atoms with E-state index in [1.807, 2.05) is 114 Å². The third-order valence-corrected chi connectivity index (χ3v) is 3.91. The van der Waals surface area contributed by atoms with Crippen LogP contribution in [0.5, 0.6) is 0 Å². The van der Waals surface area contributed by atoms with Crippen LogP contribution in [0.2, 0.25) is 0 Å². The second kappa shape index (κ2) is 17.5. The maximum atomic E-state index is 4.18. The molecule has 0 aromatic rings. The smallest absolute Gasteiger partial charge is 0.269 e. The van der Waals surface area contributed by atoms with Crippen LogP contribution in [0.3, 0.4) is 0 Å². The third kappa shape index (κ3) is 11.5. The molecule has 148 valence electrons. The van der Waals surface area contributed by atoms with E-state index < -0.39 is 0 Å². The van der Waals surface area contributed by atoms with Crippen molar-refractivity contribution in [3.63, 3.8) is 0 Å². The fourth-order valence-corrected chi connectivity index (χ4v) is 2.47. The molecule has 4 aliphatic carbocycles. The van der Waals surface area contributed by atoms with E-state index in [1.54, 1.807) is 0 Å². The van der Waals surface area contributed by atoms with E-state index in [1.165, 1.54) is 11.8 Å². The number of aliphatic imine (C=N–C) groups is 2. The summed E-state index contributed by atoms with van der Waals surface area (Å²) in [4.78, 5) is 8.37. The van der Waals surface area contributed by atoms with Crippen molar-refractivity contribution in [2.75, 3.05) is 0 Å². The minimum Gasteiger partial charge on any atom is -0.269 e. The van der Waals surface area contributed by atoms with Crippen LogP contribution in [0.1, 0.15) is 0 Å². The Bertz CT molecular complexity index is 423. The van der Waals surface area contributed by atoms with Gasteiger partial charge in [-0.25, -0.2) is 0 Å². The van der Waals surface area contributed by atoms with Crippen LogP contribution >= 0.6 is 0 Å². The van der Waals surface area contributed by atoms with Crippen molar-refractivity contribution in [2.45, 2.75) is 0 Å². The van der Waals surface area contributed by atoms with E-state index in [2.05, 4.69) is 35.7 Å². The van der Waals surface area contributed by atoms with Crippen molar-refractivity contribution in [3.05, 3.63) is 151 Å². The molecule has 4 fully saturated rings. The van der Waals surface area contributed by atoms with Gasteiger partial charge in [-0.05, 0) is 103 Å². The van der Waals surface area contributed by atoms with Crippen molar-refractivity contribution < 1.29 is 36.5 Å². The number of allylic oxidation sites excluding steroid dienone is 2. The molecule has 0 N–H and O–H groups in total. The number of rotatable bonds is 6. The number of nitrogens with zero attached hydrogens (tertiary/aromatic N) is 2. The van der Waals surface area contributed by atoms with Crippen LogP contribution in [-0.4, -0.2) is 12.4 Å². The Labute approximate surface area is 209 Å². The average Bonchev–Trinajstić information content (AvgIpc) is 3.51. The van der Waals surface area contributed by atoms with Crippen molar-refractivity contribution >= 4 is 12.4 Å². The minimum absolute atomic E-state index is 0. The van der Waals surface area contributed by atoms with E-state index in [4.69, 9.17) is 0 Å². The fourth-order valence-electron chi connectivity index (χ4n) is 2.47. The molecule has 20 radical (unpaired) electrons. The Balaban J connectivity index is 0.000000281. The standard InChI is InChI=1S/2C13H11N.Fe.Ru/c2*1-2-6-12(5-1)9-10-14-11-13-7-3-4-8-13;;/h2*1-11H;;/q;;2*+2/b2*10-9+,14-11?;;. The van der Waals surface area contributed by atoms with Gasteiger partial charge in [-0.2, -0.15) is 0 Å². The maximum absolute atomic E-state index is 4.18. The molecule has 0 unspecified atom stereocenters. The number of hydrogen-bond acceptors (Lipinski definition) is 2. The summed E-state index contributed by atoms with van der Waals surface area (Å²) in [6.07, 6.45) is 43.7. The van der Waals surface area contributed by atoms with Crippen molar-refractivity contribution in [1.82, 2.24) is 0 Å². The zero-order valence-electron chi connectivity index (χ0n) is 16.3. The van der Waals surface area contributed by atoms with Crippen LogP contribution in [0.25, 0.3) is 0 Å². The van der Waals surface area contributed by atoms with Gasteiger partial charge in [0, 0.05) is 48.5 Å². The monoisotopic (exact) mass is 520 g/mol. The summed E-state index contributed by atoms with van der Waals surface area (Å²) in [5.74, 6) is 4.64. The summed E-state index contributed by atoms with van der Waals surface area (Å²) < 4.78 is 0. The molecule has 0 atom stereocenters. The van der Waals surface area contributed by atoms with Gasteiger partial charge in [0.1, 0.15) is 0 Å². The van der Waals surface area contributed by atoms with Crippen molar-refractivity contribution in [1.29, 1.82) is 0 Å². The van der Waals surface area contributed by atoms with E-state index in [0.29, 0.717) is 0 Å². The molecule has 4 rings (SSSR count). The summed E-state index contributed by atoms with van der Waals surface area (Å²) in [5.41, 5.74) is 0. The normalized spacial score (nSPS) is 24.3. The molecule has 2 nitrogen and oxygen atoms in total. The maximum Gasteiger partial charge on any atom is 2.00 e. The molecule has 4 heteroatoms. The zero-order chi connectivity index (χ0) is 19.3. The predicted octanol–water partition coefficient (Wildman–Crippen LogP) is 4.76. The Morgan fingerprint density at radius 3 is 1.00 bits per heavy atom. The van der Waals surface area contributed by atoms with Gasteiger partial charge in [-0.1, -0.05) is 12.2 Å². The Morgan fingerprint density at radius 1 is 0.433 bits per heavy atom. The van der Waals surface area contributed by atoms with Gasteiger partial charge in [-0.15, -0.1) is 0 Å². The van der Waals surface area contributed by atoms with E-state index in [-0.39, 0.29) is 36.5 Å². The Morgan fingerprint density at radius 2 is 0.700 bits per heavy atom. The van der Waals surface area contributed by atoms with E-state index in [0.717, 1.165) is 11.8 Å². The third-order valence-electron chi connectivity index (χ3n) is 3.91. The van der Waals surface area contributed by atoms with Crippen molar-refractivity contribution in [2.24, 2.45) is 9.98 Å². The molecule has 0 amide bonds. The molecule has 30 heavy (non-hydrogen) atoms. The second-order valence-corrected chi connectivity index (χ2v) is 6.06. The fraction of sp³-hybridized carbons (Fsp3) is 0. The predicted molar refractivity (Wildman–Crippen MR) is 117 cm³/mol. The van der Waals surface area contributed by atoms with Crippen LogP contribution in [0.4, 0.5) is 0 Å². The first-order valence-electron chi connectivity index (χ1n) is 9.16. The molecule has 0 bridgehead atoms. The van der Waals surface area contributed by atoms with Gasteiger partial charge in [0.15, 0.2) is 0 Å². The first-order chi connectivity index (χ1) is 13.9. The average molecular weight is 519 g/mol. The largest absolute Gasteiger partial charge is 2.00 e. The summed E-state index contributed by atoms with van der Waals surface area (Å²) >= 11 is 0. The van der Waals surface area contributed by atoms with Crippen LogP contribution in [-0.2, 0) is 36.5 Å². The zero-order valence-corrected chi connectivity index (χ0v) is 19.1. The molecule has 0 aliphatic heterocycles. The molecule has 0 aromatic heterocycles. The molecule has 4 aliphatic rings. The second-order valence-electron chi connectivity index (χ2n) is 6.06. The quantitative estimate of drug-likeness (QED) is 0.358. The first kappa shape index (κ1) is 28.0. The summed E-state index contributed by atoms with van der Waals surface area (Å²) in [7, 11) is 0. The Hall–Kier alpha value is -0.0371. The summed E-state index contributed by atoms with van der Waals surface area (Å²) in [5, 5.41) is 0. The van der Waals surface area contributed by atoms with Crippen molar-refractivity contribution in [3.8, 4) is 0 Å². The van der Waals surface area contributed by atoms with Crippen LogP contribution in [0.15, 0.2) is 34.5 Å². The molecular weight excluding hydrogens is 497 g/mol. The summed E-state index contributed by atoms with van der Waals surface area (Å²) in [6.45, 7) is 0. The van der Waals surface area contributed by atoms with Gasteiger partial charge < -0.3 is 0 Å². The number of hydrogen-bond donors (Lipinski definition) is 0. The van der Waals surface area contributed by atoms with Crippen LogP contribution in [0, 0.1) is 126 Å². The molecule has 0 aromatic carbocycles. The molecule has 0 spiro atoms. The molecule has 0 heterocycles. The van der Waals surface area contributed by atoms with E-state index in [9.17, 15) is 0 Å². The van der Waals surface area contributed by atoms with Gasteiger partial charge in [0.05, 0.1) is 0 Å². The molecule has 0 saturated heterocycles. The Kier molecular flexibility index (Phi) is 16.3.